The predicted octanol–water partition coefficient (Wildman–Crippen LogP) is 1.83. The minimum atomic E-state index is -0.918. The van der Waals surface area contributed by atoms with Crippen LogP contribution in [0.4, 0.5) is 0 Å². The predicted molar refractivity (Wildman–Crippen MR) is 44.8 cm³/mol. The summed E-state index contributed by atoms with van der Waals surface area (Å²) in [6.07, 6.45) is 0. The number of hydrogen-bond acceptors (Lipinski definition) is 3. The first-order valence-corrected chi connectivity index (χ1v) is 4.39. The fourth-order valence-electron chi connectivity index (χ4n) is 1.03. The quantitative estimate of drug-likeness (QED) is 0.719. The summed E-state index contributed by atoms with van der Waals surface area (Å²) in [7, 11) is 0. The Hall–Kier alpha value is -1.16. The molecule has 0 saturated carbocycles. The monoisotopic (exact) mass is 182 g/mol. The van der Waals surface area contributed by atoms with Gasteiger partial charge in [-0.2, -0.15) is 0 Å². The molecule has 62 valence electrons. The number of carboxylic acids is 1. The van der Waals surface area contributed by atoms with Crippen molar-refractivity contribution in [3.05, 3.63) is 23.8 Å². The smallest absolute Gasteiger partial charge is 0.335 e. The lowest BCUT2D eigenvalue weighted by molar-refractivity contribution is 0.0696. The van der Waals surface area contributed by atoms with Crippen LogP contribution in [0.15, 0.2) is 23.1 Å². The standard InChI is InChI=1S/C8H6O3S/c9-8(10)5-1-2-7-6(3-5)11-4-12-7/h1-3H,4H2,(H,9,10). The first-order chi connectivity index (χ1) is 5.77. The van der Waals surface area contributed by atoms with Gasteiger partial charge in [0.2, 0.25) is 0 Å². The molecule has 1 aliphatic rings. The van der Waals surface area contributed by atoms with Crippen molar-refractivity contribution in [3.63, 3.8) is 0 Å². The first kappa shape index (κ1) is 7.49. The highest BCUT2D eigenvalue weighted by Crippen LogP contribution is 2.36. The van der Waals surface area contributed by atoms with E-state index in [0.717, 1.165) is 4.90 Å². The van der Waals surface area contributed by atoms with Gasteiger partial charge in [-0.15, -0.1) is 0 Å². The van der Waals surface area contributed by atoms with Crippen molar-refractivity contribution in [3.8, 4) is 5.75 Å². The maximum atomic E-state index is 10.5. The zero-order valence-corrected chi connectivity index (χ0v) is 6.93. The summed E-state index contributed by atoms with van der Waals surface area (Å²) in [6.45, 7) is 0. The van der Waals surface area contributed by atoms with E-state index in [4.69, 9.17) is 9.84 Å². The van der Waals surface area contributed by atoms with Gasteiger partial charge in [0.05, 0.1) is 10.5 Å². The fraction of sp³-hybridized carbons (Fsp3) is 0.125. The Labute approximate surface area is 73.3 Å². The zero-order chi connectivity index (χ0) is 8.55. The van der Waals surface area contributed by atoms with Crippen molar-refractivity contribution in [2.24, 2.45) is 0 Å². The summed E-state index contributed by atoms with van der Waals surface area (Å²) in [5.41, 5.74) is 0.274. The van der Waals surface area contributed by atoms with Crippen LogP contribution < -0.4 is 4.74 Å². The van der Waals surface area contributed by atoms with Gasteiger partial charge >= 0.3 is 5.97 Å². The molecule has 1 N–H and O–H groups in total. The lowest BCUT2D eigenvalue weighted by atomic mass is 10.2. The van der Waals surface area contributed by atoms with E-state index in [2.05, 4.69) is 0 Å². The summed E-state index contributed by atoms with van der Waals surface area (Å²) >= 11 is 1.57. The molecule has 2 rings (SSSR count). The first-order valence-electron chi connectivity index (χ1n) is 3.40. The van der Waals surface area contributed by atoms with Crippen molar-refractivity contribution in [1.82, 2.24) is 0 Å². The van der Waals surface area contributed by atoms with E-state index in [0.29, 0.717) is 11.7 Å². The van der Waals surface area contributed by atoms with Crippen LogP contribution in [0.3, 0.4) is 0 Å². The SMILES string of the molecule is O=C(O)c1ccc2c(c1)OCS2. The van der Waals surface area contributed by atoms with Crippen molar-refractivity contribution < 1.29 is 14.6 Å². The molecule has 0 spiro atoms. The van der Waals surface area contributed by atoms with Crippen molar-refractivity contribution in [2.45, 2.75) is 4.90 Å². The Morgan fingerprint density at radius 2 is 2.42 bits per heavy atom. The third-order valence-electron chi connectivity index (χ3n) is 1.62. The normalized spacial score (nSPS) is 13.7. The molecule has 0 aliphatic carbocycles. The molecule has 1 aliphatic heterocycles. The van der Waals surface area contributed by atoms with Crippen molar-refractivity contribution in [2.75, 3.05) is 5.94 Å². The number of carboxylic acid groups (broad SMARTS) is 1. The third-order valence-corrected chi connectivity index (χ3v) is 2.50. The average molecular weight is 182 g/mol. The molecule has 1 aromatic rings. The van der Waals surface area contributed by atoms with Crippen LogP contribution in [0.2, 0.25) is 0 Å². The topological polar surface area (TPSA) is 46.5 Å². The molecule has 12 heavy (non-hydrogen) atoms. The second-order valence-corrected chi connectivity index (χ2v) is 3.34. The number of benzene rings is 1. The van der Waals surface area contributed by atoms with Crippen LogP contribution in [0, 0.1) is 0 Å². The number of ether oxygens (including phenoxy) is 1. The van der Waals surface area contributed by atoms with Gasteiger partial charge in [0.25, 0.3) is 0 Å². The second-order valence-electron chi connectivity index (χ2n) is 2.37. The van der Waals surface area contributed by atoms with E-state index in [9.17, 15) is 4.79 Å². The molecule has 0 radical (unpaired) electrons. The number of thioether (sulfide) groups is 1. The lowest BCUT2D eigenvalue weighted by Crippen LogP contribution is -1.95. The molecule has 0 fully saturated rings. The van der Waals surface area contributed by atoms with Gasteiger partial charge in [-0.05, 0) is 18.2 Å². The molecule has 0 aromatic heterocycles. The number of hydrogen-bond donors (Lipinski definition) is 1. The summed E-state index contributed by atoms with van der Waals surface area (Å²) in [5.74, 6) is 0.344. The maximum absolute atomic E-state index is 10.5. The molecular weight excluding hydrogens is 176 g/mol. The molecule has 1 heterocycles. The maximum Gasteiger partial charge on any atom is 0.335 e. The molecule has 0 unspecified atom stereocenters. The van der Waals surface area contributed by atoms with E-state index in [-0.39, 0.29) is 5.56 Å². The van der Waals surface area contributed by atoms with Crippen LogP contribution in [-0.4, -0.2) is 17.0 Å². The molecular formula is C8H6O3S. The molecule has 0 bridgehead atoms. The second kappa shape index (κ2) is 2.71. The highest BCUT2D eigenvalue weighted by molar-refractivity contribution is 7.99. The Kier molecular flexibility index (Phi) is 1.69. The summed E-state index contributed by atoms with van der Waals surface area (Å²) in [6, 6.07) is 4.91. The van der Waals surface area contributed by atoms with Gasteiger partial charge in [-0.3, -0.25) is 0 Å². The largest absolute Gasteiger partial charge is 0.481 e. The average Bonchev–Trinajstić information content (AvgIpc) is 2.49. The summed E-state index contributed by atoms with van der Waals surface area (Å²) in [5, 5.41) is 8.65. The van der Waals surface area contributed by atoms with E-state index in [1.807, 2.05) is 0 Å². The summed E-state index contributed by atoms with van der Waals surface area (Å²) in [4.78, 5) is 11.6. The van der Waals surface area contributed by atoms with E-state index in [1.54, 1.807) is 30.0 Å². The molecule has 0 atom stereocenters. The Morgan fingerprint density at radius 3 is 3.17 bits per heavy atom. The number of fused-ring (bicyclic) bond motifs is 1. The minimum absolute atomic E-state index is 0.274. The van der Waals surface area contributed by atoms with Gasteiger partial charge in [0, 0.05) is 0 Å². The molecule has 0 saturated heterocycles. The van der Waals surface area contributed by atoms with Crippen molar-refractivity contribution in [1.29, 1.82) is 0 Å². The summed E-state index contributed by atoms with van der Waals surface area (Å²) < 4.78 is 5.19. The highest BCUT2D eigenvalue weighted by atomic mass is 32.2. The van der Waals surface area contributed by atoms with E-state index in [1.165, 1.54) is 0 Å². The van der Waals surface area contributed by atoms with Crippen LogP contribution >= 0.6 is 11.8 Å². The number of rotatable bonds is 1. The van der Waals surface area contributed by atoms with Crippen LogP contribution in [-0.2, 0) is 0 Å². The molecule has 0 amide bonds. The minimum Gasteiger partial charge on any atom is -0.481 e. The Bertz CT molecular complexity index is 335. The highest BCUT2D eigenvalue weighted by Gasteiger charge is 2.14. The van der Waals surface area contributed by atoms with Gasteiger partial charge in [0.15, 0.2) is 0 Å². The van der Waals surface area contributed by atoms with Crippen molar-refractivity contribution >= 4 is 17.7 Å². The molecule has 1 aromatic carbocycles. The van der Waals surface area contributed by atoms with E-state index < -0.39 is 5.97 Å². The third kappa shape index (κ3) is 1.14. The van der Waals surface area contributed by atoms with Crippen LogP contribution in [0.5, 0.6) is 5.75 Å². The van der Waals surface area contributed by atoms with Crippen LogP contribution in [0.1, 0.15) is 10.4 Å². The van der Waals surface area contributed by atoms with Gasteiger partial charge in [0.1, 0.15) is 11.7 Å². The van der Waals surface area contributed by atoms with E-state index >= 15 is 0 Å². The van der Waals surface area contributed by atoms with Crippen LogP contribution in [0.25, 0.3) is 0 Å². The Morgan fingerprint density at radius 1 is 1.58 bits per heavy atom. The lowest BCUT2D eigenvalue weighted by Gasteiger charge is -1.98. The van der Waals surface area contributed by atoms with Gasteiger partial charge < -0.3 is 9.84 Å². The van der Waals surface area contributed by atoms with Gasteiger partial charge in [-0.1, -0.05) is 11.8 Å². The molecule has 3 nitrogen and oxygen atoms in total. The molecule has 4 heteroatoms. The number of carbonyl (C=O) groups is 1. The Balaban J connectivity index is 2.45. The zero-order valence-electron chi connectivity index (χ0n) is 6.11. The van der Waals surface area contributed by atoms with Gasteiger partial charge in [-0.25, -0.2) is 4.79 Å². The number of aromatic carboxylic acids is 1. The fourth-order valence-corrected chi connectivity index (χ4v) is 1.77.